The highest BCUT2D eigenvalue weighted by Gasteiger charge is 2.33. The van der Waals surface area contributed by atoms with Crippen molar-refractivity contribution >= 4 is 45.4 Å². The van der Waals surface area contributed by atoms with Gasteiger partial charge in [0.25, 0.3) is 5.91 Å². The van der Waals surface area contributed by atoms with E-state index in [-0.39, 0.29) is 5.91 Å². The van der Waals surface area contributed by atoms with E-state index in [0.29, 0.717) is 27.7 Å². The molecule has 2 heterocycles. The number of carbonyl (C=O) groups excluding carboxylic acids is 1. The third kappa shape index (κ3) is 4.97. The normalized spacial score (nSPS) is 17.3. The number of carbonyl (C=O) groups is 1. The molecular weight excluding hydrogens is 388 g/mol. The van der Waals surface area contributed by atoms with Crippen LogP contribution in [-0.2, 0) is 17.6 Å². The Hall–Kier alpha value is -2.25. The zero-order chi connectivity index (χ0) is 20.1. The van der Waals surface area contributed by atoms with Gasteiger partial charge in [0.2, 0.25) is 5.13 Å². The number of nitrogens with zero attached hydrogens (tertiary/aromatic N) is 4. The summed E-state index contributed by atoms with van der Waals surface area (Å²) < 4.78 is 0. The molecule has 0 aliphatic carbocycles. The number of benzene rings is 1. The highest BCUT2D eigenvalue weighted by molar-refractivity contribution is 8.18. The Morgan fingerprint density at radius 3 is 2.64 bits per heavy atom. The number of amidine groups is 1. The van der Waals surface area contributed by atoms with Crippen LogP contribution < -0.4 is 0 Å². The summed E-state index contributed by atoms with van der Waals surface area (Å²) in [5.41, 5.74) is 2.28. The van der Waals surface area contributed by atoms with Gasteiger partial charge in [-0.1, -0.05) is 62.4 Å². The molecule has 0 atom stereocenters. The molecule has 1 aliphatic heterocycles. The van der Waals surface area contributed by atoms with E-state index in [1.165, 1.54) is 28.7 Å². The fourth-order valence-electron chi connectivity index (χ4n) is 2.69. The van der Waals surface area contributed by atoms with E-state index in [2.05, 4.69) is 54.7 Å². The summed E-state index contributed by atoms with van der Waals surface area (Å²) in [4.78, 5) is 19.7. The Labute approximate surface area is 174 Å². The van der Waals surface area contributed by atoms with Crippen LogP contribution in [0.5, 0.6) is 0 Å². The van der Waals surface area contributed by atoms with Crippen LogP contribution in [0.3, 0.4) is 0 Å². The van der Waals surface area contributed by atoms with Crippen LogP contribution in [0.2, 0.25) is 0 Å². The smallest absolute Gasteiger partial charge is 0.267 e. The molecule has 1 aromatic carbocycles. The maximum absolute atomic E-state index is 12.8. The van der Waals surface area contributed by atoms with Gasteiger partial charge >= 0.3 is 0 Å². The van der Waals surface area contributed by atoms with Gasteiger partial charge < -0.3 is 0 Å². The first kappa shape index (κ1) is 20.5. The fourth-order valence-corrected chi connectivity index (χ4v) is 4.66. The van der Waals surface area contributed by atoms with Crippen LogP contribution in [0, 0.1) is 5.92 Å². The fraction of sp³-hybridized carbons (Fsp3) is 0.333. The number of rotatable bonds is 7. The molecular formula is C21H24N4OS2. The van der Waals surface area contributed by atoms with E-state index in [1.54, 1.807) is 11.0 Å². The molecule has 2 aromatic rings. The minimum atomic E-state index is -0.0601. The summed E-state index contributed by atoms with van der Waals surface area (Å²) in [6.07, 6.45) is 5.49. The second-order valence-corrected chi connectivity index (χ2v) is 8.93. The van der Waals surface area contributed by atoms with Gasteiger partial charge in [0.05, 0.1) is 4.91 Å². The third-order valence-electron chi connectivity index (χ3n) is 4.12. The lowest BCUT2D eigenvalue weighted by Gasteiger charge is -2.11. The SMILES string of the molecule is C=CCN1C(=O)/C(=C\c2ccc(CC)cc2)SC1=Nc1nnc(CC(C)C)s1. The Bertz CT molecular complexity index is 913. The first-order valence-electron chi connectivity index (χ1n) is 9.32. The molecule has 0 radical (unpaired) electrons. The molecule has 146 valence electrons. The van der Waals surface area contributed by atoms with Gasteiger partial charge in [0.1, 0.15) is 5.01 Å². The second kappa shape index (κ2) is 9.30. The quantitative estimate of drug-likeness (QED) is 0.469. The highest BCUT2D eigenvalue weighted by Crippen LogP contribution is 2.34. The molecule has 5 nitrogen and oxygen atoms in total. The Morgan fingerprint density at radius 2 is 2.00 bits per heavy atom. The minimum absolute atomic E-state index is 0.0601. The Morgan fingerprint density at radius 1 is 1.25 bits per heavy atom. The zero-order valence-corrected chi connectivity index (χ0v) is 18.0. The minimum Gasteiger partial charge on any atom is -0.282 e. The zero-order valence-electron chi connectivity index (χ0n) is 16.4. The summed E-state index contributed by atoms with van der Waals surface area (Å²) in [6.45, 7) is 10.6. The second-order valence-electron chi connectivity index (χ2n) is 6.88. The Kier molecular flexibility index (Phi) is 6.80. The van der Waals surface area contributed by atoms with Crippen molar-refractivity contribution in [3.05, 3.63) is 58.0 Å². The molecule has 3 rings (SSSR count). The van der Waals surface area contributed by atoms with E-state index < -0.39 is 0 Å². The largest absolute Gasteiger partial charge is 0.282 e. The number of hydrogen-bond acceptors (Lipinski definition) is 6. The molecule has 0 N–H and O–H groups in total. The van der Waals surface area contributed by atoms with E-state index in [1.807, 2.05) is 18.2 Å². The number of thioether (sulfide) groups is 1. The first-order valence-corrected chi connectivity index (χ1v) is 11.0. The number of hydrogen-bond donors (Lipinski definition) is 0. The Balaban J connectivity index is 1.86. The van der Waals surface area contributed by atoms with Crippen LogP contribution in [0.15, 0.2) is 46.8 Å². The molecule has 1 aromatic heterocycles. The van der Waals surface area contributed by atoms with Crippen molar-refractivity contribution < 1.29 is 4.79 Å². The van der Waals surface area contributed by atoms with Crippen LogP contribution >= 0.6 is 23.1 Å². The van der Waals surface area contributed by atoms with Crippen LogP contribution in [0.1, 0.15) is 36.9 Å². The molecule has 0 bridgehead atoms. The third-order valence-corrected chi connectivity index (χ3v) is 5.96. The van der Waals surface area contributed by atoms with E-state index >= 15 is 0 Å². The van der Waals surface area contributed by atoms with Crippen molar-refractivity contribution in [2.75, 3.05) is 6.54 Å². The van der Waals surface area contributed by atoms with Crippen molar-refractivity contribution in [2.24, 2.45) is 10.9 Å². The van der Waals surface area contributed by atoms with Gasteiger partial charge in [-0.3, -0.25) is 9.69 Å². The van der Waals surface area contributed by atoms with Crippen LogP contribution in [-0.4, -0.2) is 32.7 Å². The topological polar surface area (TPSA) is 58.5 Å². The van der Waals surface area contributed by atoms with E-state index in [9.17, 15) is 4.79 Å². The van der Waals surface area contributed by atoms with Gasteiger partial charge in [0, 0.05) is 13.0 Å². The summed E-state index contributed by atoms with van der Waals surface area (Å²) >= 11 is 2.84. The first-order chi connectivity index (χ1) is 13.5. The number of aromatic nitrogens is 2. The van der Waals surface area contributed by atoms with E-state index in [4.69, 9.17) is 0 Å². The predicted molar refractivity (Wildman–Crippen MR) is 119 cm³/mol. The summed E-state index contributed by atoms with van der Waals surface area (Å²) in [7, 11) is 0. The molecule has 0 spiro atoms. The van der Waals surface area contributed by atoms with Gasteiger partial charge in [0.15, 0.2) is 5.17 Å². The summed E-state index contributed by atoms with van der Waals surface area (Å²) in [6, 6.07) is 8.25. The lowest BCUT2D eigenvalue weighted by atomic mass is 10.1. The van der Waals surface area contributed by atoms with Crippen molar-refractivity contribution in [1.29, 1.82) is 0 Å². The van der Waals surface area contributed by atoms with Crippen molar-refractivity contribution in [3.63, 3.8) is 0 Å². The molecule has 28 heavy (non-hydrogen) atoms. The van der Waals surface area contributed by atoms with Gasteiger partial charge in [-0.2, -0.15) is 4.99 Å². The number of amides is 1. The van der Waals surface area contributed by atoms with E-state index in [0.717, 1.165) is 23.4 Å². The van der Waals surface area contributed by atoms with Crippen molar-refractivity contribution in [1.82, 2.24) is 15.1 Å². The summed E-state index contributed by atoms with van der Waals surface area (Å²) in [5, 5.41) is 10.5. The molecule has 1 fully saturated rings. The maximum atomic E-state index is 12.8. The molecule has 7 heteroatoms. The lowest BCUT2D eigenvalue weighted by molar-refractivity contribution is -0.121. The predicted octanol–water partition coefficient (Wildman–Crippen LogP) is 5.09. The van der Waals surface area contributed by atoms with Gasteiger partial charge in [-0.15, -0.1) is 16.8 Å². The maximum Gasteiger partial charge on any atom is 0.267 e. The molecule has 1 aliphatic rings. The average molecular weight is 413 g/mol. The van der Waals surface area contributed by atoms with Gasteiger partial charge in [-0.25, -0.2) is 0 Å². The monoisotopic (exact) mass is 412 g/mol. The number of aliphatic imine (C=N–C) groups is 1. The van der Waals surface area contributed by atoms with Crippen LogP contribution in [0.25, 0.3) is 6.08 Å². The van der Waals surface area contributed by atoms with Crippen molar-refractivity contribution in [3.8, 4) is 0 Å². The van der Waals surface area contributed by atoms with Crippen molar-refractivity contribution in [2.45, 2.75) is 33.6 Å². The molecule has 1 saturated heterocycles. The lowest BCUT2D eigenvalue weighted by Crippen LogP contribution is -2.29. The highest BCUT2D eigenvalue weighted by atomic mass is 32.2. The molecule has 0 saturated carbocycles. The van der Waals surface area contributed by atoms with Gasteiger partial charge in [-0.05, 0) is 41.3 Å². The molecule has 1 amide bonds. The summed E-state index contributed by atoms with van der Waals surface area (Å²) in [5.74, 6) is 0.455. The van der Waals surface area contributed by atoms with Crippen LogP contribution in [0.4, 0.5) is 5.13 Å². The standard InChI is InChI=1S/C21H24N4OS2/c1-5-11-25-19(26)17(13-16-9-7-15(6-2)8-10-16)27-21(25)22-20-24-23-18(28-20)12-14(3)4/h5,7-10,13-14H,1,6,11-12H2,2-4H3/b17-13+,22-21?. The average Bonchev–Trinajstić information content (AvgIpc) is 3.22. The molecule has 0 unspecified atom stereocenters. The number of aryl methyl sites for hydroxylation is 1.